The van der Waals surface area contributed by atoms with Gasteiger partial charge >= 0.3 is 5.97 Å². The monoisotopic (exact) mass is 381 g/mol. The van der Waals surface area contributed by atoms with Crippen molar-refractivity contribution in [3.8, 4) is 0 Å². The third kappa shape index (κ3) is 4.65. The summed E-state index contributed by atoms with van der Waals surface area (Å²) in [5, 5.41) is 0. The highest BCUT2D eigenvalue weighted by atomic mass is 19.1. The summed E-state index contributed by atoms with van der Waals surface area (Å²) in [6.45, 7) is 3.90. The topological polar surface area (TPSA) is 61.4 Å². The quantitative estimate of drug-likeness (QED) is 0.347. The van der Waals surface area contributed by atoms with E-state index in [9.17, 15) is 14.0 Å². The molecule has 0 aliphatic carbocycles. The molecule has 2 heterocycles. The lowest BCUT2D eigenvalue weighted by molar-refractivity contribution is -0.136. The Bertz CT molecular complexity index is 1020. The lowest BCUT2D eigenvalue weighted by atomic mass is 10.1. The number of aryl methyl sites for hydroxylation is 1. The Balaban J connectivity index is 1.61. The standard InChI is InChI=1S/C22H20FNO4/c1-15-11-20(16(2)24(15)13-19-7-4-10-27-19)21(25)14-28-22(26)9-8-17-5-3-6-18(23)12-17/h3-12H,13-14H2,1-2H3/b9-8+. The highest BCUT2D eigenvalue weighted by Crippen LogP contribution is 2.18. The van der Waals surface area contributed by atoms with Gasteiger partial charge in [0.05, 0.1) is 12.8 Å². The molecule has 3 aromatic rings. The number of ketones is 1. The second-order valence-electron chi connectivity index (χ2n) is 6.37. The number of esters is 1. The highest BCUT2D eigenvalue weighted by molar-refractivity contribution is 6.00. The third-order valence-electron chi connectivity index (χ3n) is 4.37. The molecular weight excluding hydrogens is 361 g/mol. The SMILES string of the molecule is Cc1cc(C(=O)COC(=O)/C=C/c2cccc(F)c2)c(C)n1Cc1ccco1. The van der Waals surface area contributed by atoms with Gasteiger partial charge in [-0.3, -0.25) is 4.79 Å². The molecule has 6 heteroatoms. The summed E-state index contributed by atoms with van der Waals surface area (Å²) in [5.74, 6) is -0.557. The summed E-state index contributed by atoms with van der Waals surface area (Å²) >= 11 is 0. The number of carbonyl (C=O) groups excluding carboxylic acids is 2. The molecule has 0 bridgehead atoms. The minimum atomic E-state index is -0.665. The molecule has 0 saturated carbocycles. The van der Waals surface area contributed by atoms with Crippen molar-refractivity contribution in [3.63, 3.8) is 0 Å². The summed E-state index contributed by atoms with van der Waals surface area (Å²) in [6, 6.07) is 11.3. The molecule has 0 saturated heterocycles. The zero-order valence-corrected chi connectivity index (χ0v) is 15.6. The van der Waals surface area contributed by atoms with Crippen LogP contribution in [-0.4, -0.2) is 22.9 Å². The Morgan fingerprint density at radius 1 is 1.18 bits per heavy atom. The maximum atomic E-state index is 13.1. The Morgan fingerprint density at radius 2 is 2.00 bits per heavy atom. The van der Waals surface area contributed by atoms with E-state index in [1.807, 2.05) is 30.5 Å². The van der Waals surface area contributed by atoms with Crippen LogP contribution in [0, 0.1) is 19.7 Å². The molecule has 2 aromatic heterocycles. The number of rotatable bonds is 7. The first kappa shape index (κ1) is 19.4. The number of carbonyl (C=O) groups is 2. The van der Waals surface area contributed by atoms with Crippen molar-refractivity contribution >= 4 is 17.8 Å². The number of halogens is 1. The molecule has 5 nitrogen and oxygen atoms in total. The van der Waals surface area contributed by atoms with Gasteiger partial charge in [-0.1, -0.05) is 12.1 Å². The van der Waals surface area contributed by atoms with Crippen molar-refractivity contribution in [1.29, 1.82) is 0 Å². The summed E-state index contributed by atoms with van der Waals surface area (Å²) < 4.78 is 25.5. The third-order valence-corrected chi connectivity index (χ3v) is 4.37. The number of hydrogen-bond acceptors (Lipinski definition) is 4. The maximum absolute atomic E-state index is 13.1. The minimum absolute atomic E-state index is 0.286. The largest absolute Gasteiger partial charge is 0.467 e. The fraction of sp³-hybridized carbons (Fsp3) is 0.182. The van der Waals surface area contributed by atoms with Gasteiger partial charge in [0.2, 0.25) is 5.78 Å². The highest BCUT2D eigenvalue weighted by Gasteiger charge is 2.17. The van der Waals surface area contributed by atoms with Gasteiger partial charge in [-0.15, -0.1) is 0 Å². The van der Waals surface area contributed by atoms with Gasteiger partial charge in [0, 0.05) is 23.0 Å². The van der Waals surface area contributed by atoms with Crippen LogP contribution in [0.3, 0.4) is 0 Å². The second kappa shape index (κ2) is 8.52. The van der Waals surface area contributed by atoms with Gasteiger partial charge < -0.3 is 13.7 Å². The molecule has 28 heavy (non-hydrogen) atoms. The van der Waals surface area contributed by atoms with Crippen LogP contribution >= 0.6 is 0 Å². The van der Waals surface area contributed by atoms with Gasteiger partial charge in [-0.2, -0.15) is 0 Å². The van der Waals surface area contributed by atoms with E-state index < -0.39 is 11.8 Å². The van der Waals surface area contributed by atoms with Crippen molar-refractivity contribution in [3.05, 3.63) is 88.9 Å². The van der Waals surface area contributed by atoms with Crippen LogP contribution in [0.25, 0.3) is 6.08 Å². The number of Topliss-reactive ketones (excluding diaryl/α,β-unsaturated/α-hetero) is 1. The maximum Gasteiger partial charge on any atom is 0.331 e. The zero-order chi connectivity index (χ0) is 20.1. The molecular formula is C22H20FNO4. The summed E-state index contributed by atoms with van der Waals surface area (Å²) in [7, 11) is 0. The van der Waals surface area contributed by atoms with E-state index in [2.05, 4.69) is 0 Å². The molecule has 0 N–H and O–H groups in total. The predicted molar refractivity (Wildman–Crippen MR) is 102 cm³/mol. The van der Waals surface area contributed by atoms with E-state index >= 15 is 0 Å². The van der Waals surface area contributed by atoms with Gasteiger partial charge in [0.1, 0.15) is 11.6 Å². The molecule has 0 spiro atoms. The molecule has 0 amide bonds. The smallest absolute Gasteiger partial charge is 0.331 e. The van der Waals surface area contributed by atoms with Crippen LogP contribution in [-0.2, 0) is 16.1 Å². The van der Waals surface area contributed by atoms with Crippen molar-refractivity contribution in [2.24, 2.45) is 0 Å². The van der Waals surface area contributed by atoms with E-state index in [0.29, 0.717) is 17.7 Å². The van der Waals surface area contributed by atoms with E-state index in [0.717, 1.165) is 17.1 Å². The van der Waals surface area contributed by atoms with Crippen LogP contribution in [0.2, 0.25) is 0 Å². The Labute approximate surface area is 162 Å². The van der Waals surface area contributed by atoms with E-state index in [1.54, 1.807) is 24.5 Å². The van der Waals surface area contributed by atoms with Gasteiger partial charge in [0.25, 0.3) is 0 Å². The number of aromatic nitrogens is 1. The van der Waals surface area contributed by atoms with E-state index in [1.165, 1.54) is 24.3 Å². The fourth-order valence-electron chi connectivity index (χ4n) is 2.92. The number of nitrogens with zero attached hydrogens (tertiary/aromatic N) is 1. The van der Waals surface area contributed by atoms with Crippen LogP contribution in [0.5, 0.6) is 0 Å². The average Bonchev–Trinajstić information content (AvgIpc) is 3.28. The number of hydrogen-bond donors (Lipinski definition) is 0. The Morgan fingerprint density at radius 3 is 2.71 bits per heavy atom. The Kier molecular flexibility index (Phi) is 5.89. The number of ether oxygens (including phenoxy) is 1. The molecule has 144 valence electrons. The van der Waals surface area contributed by atoms with Crippen molar-refractivity contribution in [1.82, 2.24) is 4.57 Å². The first-order valence-corrected chi connectivity index (χ1v) is 8.77. The lowest BCUT2D eigenvalue weighted by Crippen LogP contribution is -2.13. The number of furan rings is 1. The van der Waals surface area contributed by atoms with Crippen molar-refractivity contribution in [2.45, 2.75) is 20.4 Å². The van der Waals surface area contributed by atoms with Crippen molar-refractivity contribution < 1.29 is 23.1 Å². The van der Waals surface area contributed by atoms with Crippen LogP contribution in [0.15, 0.2) is 59.2 Å². The lowest BCUT2D eigenvalue weighted by Gasteiger charge is -2.08. The molecule has 0 atom stereocenters. The molecule has 0 fully saturated rings. The second-order valence-corrected chi connectivity index (χ2v) is 6.37. The predicted octanol–water partition coefficient (Wildman–Crippen LogP) is 4.32. The van der Waals surface area contributed by atoms with Gasteiger partial charge in [-0.25, -0.2) is 9.18 Å². The first-order valence-electron chi connectivity index (χ1n) is 8.77. The summed E-state index contributed by atoms with van der Waals surface area (Å²) in [4.78, 5) is 24.3. The molecule has 3 rings (SSSR count). The molecule has 0 aliphatic heterocycles. The average molecular weight is 381 g/mol. The van der Waals surface area contributed by atoms with Crippen LogP contribution in [0.1, 0.15) is 33.1 Å². The molecule has 0 unspecified atom stereocenters. The summed E-state index contributed by atoms with van der Waals surface area (Å²) in [6.07, 6.45) is 4.21. The fourth-order valence-corrected chi connectivity index (χ4v) is 2.92. The normalized spacial score (nSPS) is 11.1. The van der Waals surface area contributed by atoms with E-state index in [-0.39, 0.29) is 12.4 Å². The van der Waals surface area contributed by atoms with Gasteiger partial charge in [-0.05, 0) is 55.8 Å². The van der Waals surface area contributed by atoms with Crippen LogP contribution < -0.4 is 0 Å². The zero-order valence-electron chi connectivity index (χ0n) is 15.6. The molecule has 1 aromatic carbocycles. The Hall–Kier alpha value is -3.41. The van der Waals surface area contributed by atoms with Crippen LogP contribution in [0.4, 0.5) is 4.39 Å². The first-order chi connectivity index (χ1) is 13.4. The van der Waals surface area contributed by atoms with E-state index in [4.69, 9.17) is 9.15 Å². The molecule has 0 aliphatic rings. The minimum Gasteiger partial charge on any atom is -0.467 e. The summed E-state index contributed by atoms with van der Waals surface area (Å²) in [5.41, 5.74) is 2.73. The van der Waals surface area contributed by atoms with Gasteiger partial charge in [0.15, 0.2) is 6.61 Å². The molecule has 0 radical (unpaired) electrons. The van der Waals surface area contributed by atoms with Crippen molar-refractivity contribution in [2.75, 3.05) is 6.61 Å². The number of benzene rings is 1.